The highest BCUT2D eigenvalue weighted by molar-refractivity contribution is 6.04. The Labute approximate surface area is 130 Å². The number of carbonyl (C=O) groups is 1. The topological polar surface area (TPSA) is 76.7 Å². The molecule has 0 bridgehead atoms. The van der Waals surface area contributed by atoms with Crippen molar-refractivity contribution in [1.29, 1.82) is 0 Å². The van der Waals surface area contributed by atoms with Gasteiger partial charge in [-0.05, 0) is 19.1 Å². The molecule has 8 heteroatoms. The summed E-state index contributed by atoms with van der Waals surface area (Å²) in [6.45, 7) is 1.83. The van der Waals surface area contributed by atoms with Crippen LogP contribution in [-0.4, -0.2) is 22.7 Å². The predicted molar refractivity (Wildman–Crippen MR) is 75.5 cm³/mol. The first-order valence-corrected chi connectivity index (χ1v) is 6.90. The molecule has 1 atom stereocenters. The molecule has 1 amide bonds. The van der Waals surface area contributed by atoms with Gasteiger partial charge in [0.2, 0.25) is 12.0 Å². The van der Waals surface area contributed by atoms with Crippen LogP contribution in [0.1, 0.15) is 23.6 Å². The average molecular weight is 321 g/mol. The summed E-state index contributed by atoms with van der Waals surface area (Å²) in [5.74, 6) is -0.967. The number of nitrogens with one attached hydrogen (secondary N) is 1. The molecule has 2 heterocycles. The number of oxime groups is 1. The number of hydrogen-bond donors (Lipinski definition) is 1. The van der Waals surface area contributed by atoms with E-state index in [1.807, 2.05) is 0 Å². The van der Waals surface area contributed by atoms with Crippen LogP contribution in [0.5, 0.6) is 0 Å². The van der Waals surface area contributed by atoms with Crippen molar-refractivity contribution < 1.29 is 22.8 Å². The second kappa shape index (κ2) is 6.15. The minimum Gasteiger partial charge on any atom is -0.444 e. The van der Waals surface area contributed by atoms with Gasteiger partial charge in [-0.3, -0.25) is 4.79 Å². The molecule has 120 valence electrons. The Hall–Kier alpha value is -2.77. The zero-order valence-corrected chi connectivity index (χ0v) is 12.2. The van der Waals surface area contributed by atoms with E-state index in [1.165, 1.54) is 12.3 Å². The normalized spacial score (nSPS) is 16.8. The lowest BCUT2D eigenvalue weighted by atomic mass is 10.0. The van der Waals surface area contributed by atoms with Crippen LogP contribution in [0.2, 0.25) is 0 Å². The smallest absolute Gasteiger partial charge is 0.264 e. The van der Waals surface area contributed by atoms with Gasteiger partial charge in [0.1, 0.15) is 17.4 Å². The first-order valence-electron chi connectivity index (χ1n) is 6.90. The van der Waals surface area contributed by atoms with E-state index in [2.05, 4.69) is 15.5 Å². The van der Waals surface area contributed by atoms with E-state index in [-0.39, 0.29) is 24.2 Å². The predicted octanol–water partition coefficient (Wildman–Crippen LogP) is 2.07. The molecule has 0 aliphatic carbocycles. The Bertz CT molecular complexity index is 753. The van der Waals surface area contributed by atoms with Crippen LogP contribution in [0.4, 0.5) is 8.78 Å². The fourth-order valence-electron chi connectivity index (χ4n) is 2.20. The van der Waals surface area contributed by atoms with Gasteiger partial charge in [-0.15, -0.1) is 0 Å². The molecule has 1 aliphatic rings. The number of rotatable bonds is 4. The van der Waals surface area contributed by atoms with Crippen LogP contribution in [0.3, 0.4) is 0 Å². The number of aryl methyl sites for hydroxylation is 1. The highest BCUT2D eigenvalue weighted by Crippen LogP contribution is 2.21. The maximum Gasteiger partial charge on any atom is 0.264 e. The number of nitrogens with zero attached hydrogens (tertiary/aromatic N) is 2. The van der Waals surface area contributed by atoms with Crippen LogP contribution in [0.25, 0.3) is 0 Å². The lowest BCUT2D eigenvalue weighted by Gasteiger charge is -2.08. The lowest BCUT2D eigenvalue weighted by Crippen LogP contribution is -2.34. The van der Waals surface area contributed by atoms with Gasteiger partial charge in [0, 0.05) is 6.42 Å². The van der Waals surface area contributed by atoms with Crippen LogP contribution in [0, 0.1) is 18.6 Å². The first-order chi connectivity index (χ1) is 11.0. The van der Waals surface area contributed by atoms with Gasteiger partial charge >= 0.3 is 0 Å². The number of oxazole rings is 1. The third kappa shape index (κ3) is 3.20. The average Bonchev–Trinajstić information content (AvgIpc) is 3.14. The van der Waals surface area contributed by atoms with Crippen LogP contribution in [0.15, 0.2) is 34.0 Å². The monoisotopic (exact) mass is 321 g/mol. The van der Waals surface area contributed by atoms with Crippen LogP contribution in [-0.2, 0) is 16.2 Å². The Morgan fingerprint density at radius 2 is 2.13 bits per heavy atom. The quantitative estimate of drug-likeness (QED) is 0.935. The summed E-state index contributed by atoms with van der Waals surface area (Å²) >= 11 is 0. The van der Waals surface area contributed by atoms with E-state index in [4.69, 9.17) is 9.25 Å². The van der Waals surface area contributed by atoms with Crippen molar-refractivity contribution >= 4 is 11.6 Å². The summed E-state index contributed by atoms with van der Waals surface area (Å²) in [4.78, 5) is 20.9. The molecule has 3 rings (SSSR count). The van der Waals surface area contributed by atoms with E-state index >= 15 is 0 Å². The molecule has 1 N–H and O–H groups in total. The SMILES string of the molecule is Cc1cnc(CNC(=O)[C@@H]2CC(c3c(F)cccc3F)=NO2)o1. The summed E-state index contributed by atoms with van der Waals surface area (Å²) in [6, 6.07) is 3.51. The number of amides is 1. The second-order valence-electron chi connectivity index (χ2n) is 5.02. The van der Waals surface area contributed by atoms with Crippen molar-refractivity contribution in [3.05, 3.63) is 53.2 Å². The summed E-state index contributed by atoms with van der Waals surface area (Å²) in [6.07, 6.45) is 0.574. The van der Waals surface area contributed by atoms with Gasteiger partial charge in [0.25, 0.3) is 5.91 Å². The molecular weight excluding hydrogens is 308 g/mol. The summed E-state index contributed by atoms with van der Waals surface area (Å²) in [5.41, 5.74) is -0.209. The van der Waals surface area contributed by atoms with Crippen molar-refractivity contribution in [1.82, 2.24) is 10.3 Å². The van der Waals surface area contributed by atoms with Gasteiger partial charge in [-0.1, -0.05) is 11.2 Å². The van der Waals surface area contributed by atoms with Crippen molar-refractivity contribution in [2.24, 2.45) is 5.16 Å². The van der Waals surface area contributed by atoms with Crippen LogP contribution < -0.4 is 5.32 Å². The molecule has 0 saturated carbocycles. The number of aromatic nitrogens is 1. The maximum atomic E-state index is 13.7. The van der Waals surface area contributed by atoms with E-state index in [1.54, 1.807) is 6.92 Å². The highest BCUT2D eigenvalue weighted by Gasteiger charge is 2.31. The van der Waals surface area contributed by atoms with E-state index in [0.29, 0.717) is 11.7 Å². The number of hydrogen-bond acceptors (Lipinski definition) is 5. The number of carbonyl (C=O) groups excluding carboxylic acids is 1. The van der Waals surface area contributed by atoms with Crippen molar-refractivity contribution in [2.75, 3.05) is 0 Å². The van der Waals surface area contributed by atoms with Crippen molar-refractivity contribution in [3.8, 4) is 0 Å². The standard InChI is InChI=1S/C15H13F2N3O3/c1-8-6-18-13(22-8)7-19-15(21)12-5-11(20-23-12)14-9(16)3-2-4-10(14)17/h2-4,6,12H,5,7H2,1H3,(H,19,21)/t12-/m0/s1. The zero-order valence-electron chi connectivity index (χ0n) is 12.2. The van der Waals surface area contributed by atoms with Crippen molar-refractivity contribution in [2.45, 2.75) is 26.0 Å². The molecular formula is C15H13F2N3O3. The van der Waals surface area contributed by atoms with Crippen LogP contribution >= 0.6 is 0 Å². The number of halogens is 2. The van der Waals surface area contributed by atoms with Gasteiger partial charge < -0.3 is 14.6 Å². The molecule has 0 unspecified atom stereocenters. The van der Waals surface area contributed by atoms with Gasteiger partial charge in [0.15, 0.2) is 0 Å². The molecule has 1 aromatic heterocycles. The Balaban J connectivity index is 1.61. The third-order valence-corrected chi connectivity index (χ3v) is 3.30. The molecule has 2 aromatic rings. The largest absolute Gasteiger partial charge is 0.444 e. The van der Waals surface area contributed by atoms with E-state index in [0.717, 1.165) is 12.1 Å². The van der Waals surface area contributed by atoms with E-state index in [9.17, 15) is 13.6 Å². The molecule has 0 saturated heterocycles. The van der Waals surface area contributed by atoms with E-state index < -0.39 is 23.6 Å². The minimum absolute atomic E-state index is 0.0195. The van der Waals surface area contributed by atoms with Gasteiger partial charge in [-0.25, -0.2) is 13.8 Å². The highest BCUT2D eigenvalue weighted by atomic mass is 19.1. The van der Waals surface area contributed by atoms with Gasteiger partial charge in [0.05, 0.1) is 24.0 Å². The lowest BCUT2D eigenvalue weighted by molar-refractivity contribution is -0.131. The third-order valence-electron chi connectivity index (χ3n) is 3.30. The molecule has 6 nitrogen and oxygen atoms in total. The molecule has 1 aromatic carbocycles. The number of benzene rings is 1. The summed E-state index contributed by atoms with van der Waals surface area (Å²) in [7, 11) is 0. The minimum atomic E-state index is -0.944. The molecule has 0 spiro atoms. The fraction of sp³-hybridized carbons (Fsp3) is 0.267. The fourth-order valence-corrected chi connectivity index (χ4v) is 2.20. The summed E-state index contributed by atoms with van der Waals surface area (Å²) < 4.78 is 32.6. The second-order valence-corrected chi connectivity index (χ2v) is 5.02. The molecule has 1 aliphatic heterocycles. The van der Waals surface area contributed by atoms with Gasteiger partial charge in [-0.2, -0.15) is 0 Å². The first kappa shape index (κ1) is 15.1. The molecule has 0 radical (unpaired) electrons. The Morgan fingerprint density at radius 1 is 1.39 bits per heavy atom. The molecule has 23 heavy (non-hydrogen) atoms. The zero-order chi connectivity index (χ0) is 16.4. The van der Waals surface area contributed by atoms with Crippen molar-refractivity contribution in [3.63, 3.8) is 0 Å². The Morgan fingerprint density at radius 3 is 2.78 bits per heavy atom. The maximum absolute atomic E-state index is 13.7. The Kier molecular flexibility index (Phi) is 4.05. The summed E-state index contributed by atoms with van der Waals surface area (Å²) in [5, 5.41) is 6.20. The molecule has 0 fully saturated rings.